The molecule has 2 aromatic rings. The van der Waals surface area contributed by atoms with Crippen molar-refractivity contribution in [1.29, 1.82) is 0 Å². The first-order valence-corrected chi connectivity index (χ1v) is 11.4. The van der Waals surface area contributed by atoms with Crippen molar-refractivity contribution in [2.24, 2.45) is 9.50 Å². The van der Waals surface area contributed by atoms with Gasteiger partial charge >= 0.3 is 6.03 Å². The number of rotatable bonds is 4. The van der Waals surface area contributed by atoms with Crippen LogP contribution >= 0.6 is 11.3 Å². The second kappa shape index (κ2) is 6.89. The fraction of sp³-hybridized carbons (Fsp3) is 0.444. The fourth-order valence-corrected chi connectivity index (χ4v) is 5.70. The number of fused-ring (bicyclic) bond motifs is 2. The van der Waals surface area contributed by atoms with Gasteiger partial charge in [-0.3, -0.25) is 0 Å². The molecular formula is C18H22N4O4S2. The molecule has 1 aromatic carbocycles. The van der Waals surface area contributed by atoms with Crippen LogP contribution in [0.1, 0.15) is 40.6 Å². The largest absolute Gasteiger partial charge is 0.393 e. The number of amides is 2. The first-order valence-electron chi connectivity index (χ1n) is 9.03. The van der Waals surface area contributed by atoms with Gasteiger partial charge in [-0.1, -0.05) is 6.07 Å². The number of carbonyl (C=O) groups excluding carboxylic acids is 1. The monoisotopic (exact) mass is 422 g/mol. The van der Waals surface area contributed by atoms with Gasteiger partial charge < -0.3 is 15.5 Å². The highest BCUT2D eigenvalue weighted by Gasteiger charge is 2.29. The topological polar surface area (TPSA) is 138 Å². The van der Waals surface area contributed by atoms with Crippen molar-refractivity contribution in [2.45, 2.75) is 48.8 Å². The number of nitrogens with zero attached hydrogens (tertiary/aromatic N) is 2. The Bertz CT molecular complexity index is 1080. The Morgan fingerprint density at radius 3 is 2.75 bits per heavy atom. The predicted molar refractivity (Wildman–Crippen MR) is 107 cm³/mol. The van der Waals surface area contributed by atoms with Gasteiger partial charge in [-0.25, -0.2) is 19.1 Å². The van der Waals surface area contributed by atoms with E-state index >= 15 is 0 Å². The summed E-state index contributed by atoms with van der Waals surface area (Å²) in [5.74, 6) is 0. The van der Waals surface area contributed by atoms with Crippen molar-refractivity contribution in [2.75, 3.05) is 11.9 Å². The van der Waals surface area contributed by atoms with Gasteiger partial charge in [0, 0.05) is 5.69 Å². The third-order valence-electron chi connectivity index (χ3n) is 5.24. The zero-order valence-electron chi connectivity index (χ0n) is 15.4. The minimum absolute atomic E-state index is 0.0673. The van der Waals surface area contributed by atoms with Gasteiger partial charge in [0.1, 0.15) is 14.8 Å². The summed E-state index contributed by atoms with van der Waals surface area (Å²) < 4.78 is 16.6. The minimum atomic E-state index is -3.52. The highest BCUT2D eigenvalue weighted by atomic mass is 32.2. The zero-order chi connectivity index (χ0) is 20.1. The summed E-state index contributed by atoms with van der Waals surface area (Å²) in [5, 5.41) is 28.1. The molecule has 4 rings (SSSR count). The Balaban J connectivity index is 1.62. The maximum Gasteiger partial charge on any atom is 0.354 e. The lowest BCUT2D eigenvalue weighted by Crippen LogP contribution is -2.25. The average Bonchev–Trinajstić information content (AvgIpc) is 3.26. The van der Waals surface area contributed by atoms with Gasteiger partial charge in [0.15, 0.2) is 9.92 Å². The highest BCUT2D eigenvalue weighted by molar-refractivity contribution is 7.93. The Labute approximate surface area is 167 Å². The smallest absolute Gasteiger partial charge is 0.354 e. The number of aliphatic hydroxyl groups excluding tert-OH is 1. The van der Waals surface area contributed by atoms with Gasteiger partial charge in [0.25, 0.3) is 0 Å². The fourth-order valence-electron chi connectivity index (χ4n) is 3.60. The molecule has 8 nitrogen and oxygen atoms in total. The van der Waals surface area contributed by atoms with Gasteiger partial charge in [-0.2, -0.15) is 0 Å². The van der Waals surface area contributed by atoms with Crippen molar-refractivity contribution in [3.8, 4) is 0 Å². The van der Waals surface area contributed by atoms with Crippen LogP contribution in [-0.4, -0.2) is 32.0 Å². The number of benzene rings is 1. The van der Waals surface area contributed by atoms with Crippen molar-refractivity contribution in [3.63, 3.8) is 0 Å². The summed E-state index contributed by atoms with van der Waals surface area (Å²) in [5.41, 5.74) is 4.02. The summed E-state index contributed by atoms with van der Waals surface area (Å²) in [7, 11) is -3.52. The van der Waals surface area contributed by atoms with E-state index in [-0.39, 0.29) is 9.22 Å². The summed E-state index contributed by atoms with van der Waals surface area (Å²) in [4.78, 5) is 16.5. The number of aryl methyl sites for hydroxylation is 2. The predicted octanol–water partition coefficient (Wildman–Crippen LogP) is 1.86. The quantitative estimate of drug-likeness (QED) is 0.596. The molecule has 0 radical (unpaired) electrons. The van der Waals surface area contributed by atoms with Crippen LogP contribution in [-0.2, 0) is 41.2 Å². The first kappa shape index (κ1) is 19.5. The minimum Gasteiger partial charge on any atom is -0.393 e. The molecule has 1 heterocycles. The maximum absolute atomic E-state index is 12.8. The molecule has 0 fully saturated rings. The standard InChI is InChI=1S/C18H22N4O4S2/c1-18(25,9-23)16-20-8-14(27-16)28(19,26)22-17(24)21-15-12-4-2-3-10(12)7-11-5-6-13(11)15/h7-8,23,25H,2-6,9H2,1H3,(H3,19,21,22,24,26)/t18-,28-/m1/s1. The first-order chi connectivity index (χ1) is 13.2. The Morgan fingerprint density at radius 2 is 2.07 bits per heavy atom. The van der Waals surface area contributed by atoms with Crippen LogP contribution in [0.2, 0.25) is 0 Å². The van der Waals surface area contributed by atoms with E-state index in [0.29, 0.717) is 0 Å². The molecule has 1 aromatic heterocycles. The normalized spacial score (nSPS) is 19.0. The second-order valence-electron chi connectivity index (χ2n) is 7.39. The number of aliphatic hydroxyl groups is 2. The third-order valence-corrected chi connectivity index (χ3v) is 8.37. The number of aromatic nitrogens is 1. The van der Waals surface area contributed by atoms with Crippen LogP contribution in [0.3, 0.4) is 0 Å². The molecule has 0 saturated heterocycles. The van der Waals surface area contributed by atoms with Gasteiger partial charge in [-0.15, -0.1) is 15.7 Å². The number of nitrogens with two attached hydrogens (primary N) is 1. The van der Waals surface area contributed by atoms with Crippen LogP contribution in [0.4, 0.5) is 10.5 Å². The Hall–Kier alpha value is -1.85. The molecule has 0 spiro atoms. The number of thiazole rings is 1. The van der Waals surface area contributed by atoms with Crippen LogP contribution in [0.15, 0.2) is 20.8 Å². The average molecular weight is 423 g/mol. The summed E-state index contributed by atoms with van der Waals surface area (Å²) in [6, 6.07) is 1.47. The molecular weight excluding hydrogens is 400 g/mol. The van der Waals surface area contributed by atoms with E-state index in [1.54, 1.807) is 0 Å². The van der Waals surface area contributed by atoms with E-state index in [9.17, 15) is 19.2 Å². The molecule has 2 aliphatic carbocycles. The van der Waals surface area contributed by atoms with Gasteiger partial charge in [-0.05, 0) is 61.3 Å². The molecule has 2 atom stereocenters. The molecule has 5 N–H and O–H groups in total. The van der Waals surface area contributed by atoms with E-state index in [2.05, 4.69) is 20.7 Å². The van der Waals surface area contributed by atoms with Crippen LogP contribution < -0.4 is 10.5 Å². The van der Waals surface area contributed by atoms with Crippen molar-refractivity contribution >= 4 is 33.0 Å². The molecule has 10 heteroatoms. The third kappa shape index (κ3) is 3.35. The second-order valence-corrected chi connectivity index (χ2v) is 10.4. The number of hydrogen-bond donors (Lipinski definition) is 4. The molecule has 150 valence electrons. The summed E-state index contributed by atoms with van der Waals surface area (Å²) in [6.45, 7) is 0.832. The maximum atomic E-state index is 12.8. The number of hydrogen-bond acceptors (Lipinski definition) is 6. The number of urea groups is 1. The Morgan fingerprint density at radius 1 is 1.36 bits per heavy atom. The van der Waals surface area contributed by atoms with E-state index < -0.39 is 28.2 Å². The van der Waals surface area contributed by atoms with Crippen LogP contribution in [0.25, 0.3) is 0 Å². The molecule has 0 saturated carbocycles. The van der Waals surface area contributed by atoms with Crippen LogP contribution in [0.5, 0.6) is 0 Å². The lowest BCUT2D eigenvalue weighted by molar-refractivity contribution is -0.00244. The van der Waals surface area contributed by atoms with E-state index in [1.165, 1.54) is 24.2 Å². The molecule has 28 heavy (non-hydrogen) atoms. The van der Waals surface area contributed by atoms with Crippen molar-refractivity contribution < 1.29 is 19.2 Å². The number of nitrogens with one attached hydrogen (secondary N) is 1. The zero-order valence-corrected chi connectivity index (χ0v) is 17.0. The number of anilines is 1. The summed E-state index contributed by atoms with van der Waals surface area (Å²) >= 11 is 0.861. The van der Waals surface area contributed by atoms with E-state index in [4.69, 9.17) is 5.14 Å². The summed E-state index contributed by atoms with van der Waals surface area (Å²) in [6.07, 6.45) is 6.10. The highest BCUT2D eigenvalue weighted by Crippen LogP contribution is 2.39. The number of carbonyl (C=O) groups is 1. The SMILES string of the molecule is C[C@@](O)(CO)c1ncc([S@](N)(=O)=NC(=O)Nc2c3c(cc4c2CC4)CCC3)s1. The van der Waals surface area contributed by atoms with E-state index in [1.807, 2.05) is 0 Å². The molecule has 2 aliphatic rings. The van der Waals surface area contributed by atoms with Gasteiger partial charge in [0.05, 0.1) is 12.8 Å². The molecule has 2 amide bonds. The van der Waals surface area contributed by atoms with Crippen molar-refractivity contribution in [3.05, 3.63) is 39.5 Å². The van der Waals surface area contributed by atoms with Gasteiger partial charge in [0.2, 0.25) is 0 Å². The molecule has 0 aliphatic heterocycles. The van der Waals surface area contributed by atoms with Crippen LogP contribution in [0, 0.1) is 0 Å². The molecule has 0 unspecified atom stereocenters. The lowest BCUT2D eigenvalue weighted by atomic mass is 9.83. The van der Waals surface area contributed by atoms with E-state index in [0.717, 1.165) is 60.3 Å². The molecule has 0 bridgehead atoms. The Kier molecular flexibility index (Phi) is 4.79. The van der Waals surface area contributed by atoms with Crippen molar-refractivity contribution in [1.82, 2.24) is 4.98 Å². The lowest BCUT2D eigenvalue weighted by Gasteiger charge is -2.25.